The van der Waals surface area contributed by atoms with E-state index in [1.807, 2.05) is 6.07 Å². The third-order valence-corrected chi connectivity index (χ3v) is 6.40. The van der Waals surface area contributed by atoms with Gasteiger partial charge in [0.05, 0.1) is 12.7 Å². The fraction of sp³-hybridized carbons (Fsp3) is 0.440. The minimum Gasteiger partial charge on any atom is -0.504 e. The highest BCUT2D eigenvalue weighted by Crippen LogP contribution is 2.51. The summed E-state index contributed by atoms with van der Waals surface area (Å²) in [7, 11) is 1.46. The molecule has 0 aromatic heterocycles. The smallest absolute Gasteiger partial charge is 0.338 e. The van der Waals surface area contributed by atoms with Crippen LogP contribution in [0.4, 0.5) is 0 Å². The molecule has 1 N–H and O–H groups in total. The second kappa shape index (κ2) is 8.25. The van der Waals surface area contributed by atoms with Crippen molar-refractivity contribution in [3.05, 3.63) is 41.5 Å². The van der Waals surface area contributed by atoms with Crippen molar-refractivity contribution in [1.29, 1.82) is 0 Å². The molecule has 4 rings (SSSR count). The molecule has 6 heteroatoms. The van der Waals surface area contributed by atoms with Gasteiger partial charge in [0.25, 0.3) is 0 Å². The van der Waals surface area contributed by atoms with Crippen LogP contribution in [0, 0.1) is 5.92 Å². The normalized spacial score (nSPS) is 16.9. The fourth-order valence-electron chi connectivity index (χ4n) is 4.02. The number of ether oxygens (including phenoxy) is 3. The molecule has 1 unspecified atom stereocenters. The van der Waals surface area contributed by atoms with Gasteiger partial charge in [-0.25, -0.2) is 4.79 Å². The highest BCUT2D eigenvalue weighted by Gasteiger charge is 2.52. The van der Waals surface area contributed by atoms with Crippen molar-refractivity contribution in [2.45, 2.75) is 58.2 Å². The average molecular weight is 424 g/mol. The Bertz CT molecular complexity index is 1020. The van der Waals surface area contributed by atoms with Crippen LogP contribution in [-0.4, -0.2) is 29.6 Å². The quantitative estimate of drug-likeness (QED) is 0.568. The van der Waals surface area contributed by atoms with Gasteiger partial charge in [0, 0.05) is 17.5 Å². The first-order valence-corrected chi connectivity index (χ1v) is 10.8. The Morgan fingerprint density at radius 1 is 1.16 bits per heavy atom. The van der Waals surface area contributed by atoms with Gasteiger partial charge >= 0.3 is 5.97 Å². The number of fused-ring (bicyclic) bond motifs is 1. The number of hydrogen-bond donors (Lipinski definition) is 1. The minimum atomic E-state index is -0.881. The molecule has 0 saturated heterocycles. The number of carbonyl (C=O) groups is 2. The summed E-state index contributed by atoms with van der Waals surface area (Å²) >= 11 is 0. The predicted octanol–water partition coefficient (Wildman–Crippen LogP) is 5.05. The second-order valence-electron chi connectivity index (χ2n) is 8.47. The van der Waals surface area contributed by atoms with Crippen LogP contribution in [0.5, 0.6) is 17.2 Å². The van der Waals surface area contributed by atoms with Crippen molar-refractivity contribution in [3.8, 4) is 28.4 Å². The number of phenolic OH excluding ortho intramolecular Hbond substituents is 1. The van der Waals surface area contributed by atoms with E-state index in [2.05, 4.69) is 13.8 Å². The number of aromatic hydroxyl groups is 1. The zero-order valence-electron chi connectivity index (χ0n) is 18.2. The Morgan fingerprint density at radius 3 is 2.58 bits per heavy atom. The molecule has 0 radical (unpaired) electrons. The number of benzene rings is 2. The average Bonchev–Trinajstić information content (AvgIpc) is 3.47. The molecule has 2 aliphatic rings. The van der Waals surface area contributed by atoms with E-state index in [1.54, 1.807) is 18.2 Å². The molecule has 6 nitrogen and oxygen atoms in total. The zero-order valence-corrected chi connectivity index (χ0v) is 18.2. The molecular formula is C25H28O6. The van der Waals surface area contributed by atoms with Gasteiger partial charge in [-0.15, -0.1) is 0 Å². The maximum atomic E-state index is 13.0. The molecule has 1 aliphatic carbocycles. The van der Waals surface area contributed by atoms with Gasteiger partial charge < -0.3 is 19.3 Å². The molecule has 164 valence electrons. The third-order valence-electron chi connectivity index (χ3n) is 6.40. The summed E-state index contributed by atoms with van der Waals surface area (Å²) in [5.41, 5.74) is 1.82. The summed E-state index contributed by atoms with van der Waals surface area (Å²) in [5, 5.41) is 10.4. The Labute approximate surface area is 182 Å². The number of rotatable bonds is 9. The summed E-state index contributed by atoms with van der Waals surface area (Å²) < 4.78 is 17.0. The first-order valence-electron chi connectivity index (χ1n) is 10.8. The van der Waals surface area contributed by atoms with Crippen LogP contribution in [0.15, 0.2) is 30.3 Å². The SMILES string of the molecule is CCC(C)CCC(=O)C1(Oc2c(-c3cccc4c3COC4=O)ccc(O)c2OC)CC1. The van der Waals surface area contributed by atoms with E-state index >= 15 is 0 Å². The number of cyclic esters (lactones) is 1. The van der Waals surface area contributed by atoms with Gasteiger partial charge in [0.2, 0.25) is 5.75 Å². The summed E-state index contributed by atoms with van der Waals surface area (Å²) in [6.07, 6.45) is 3.61. The van der Waals surface area contributed by atoms with Crippen LogP contribution >= 0.6 is 0 Å². The Balaban J connectivity index is 1.73. The largest absolute Gasteiger partial charge is 0.504 e. The number of esters is 1. The van der Waals surface area contributed by atoms with Gasteiger partial charge in [-0.05, 0) is 48.9 Å². The van der Waals surface area contributed by atoms with Gasteiger partial charge in [0.15, 0.2) is 22.9 Å². The van der Waals surface area contributed by atoms with Crippen molar-refractivity contribution in [2.75, 3.05) is 7.11 Å². The fourth-order valence-corrected chi connectivity index (χ4v) is 4.02. The maximum absolute atomic E-state index is 13.0. The van der Waals surface area contributed by atoms with Crippen LogP contribution in [0.2, 0.25) is 0 Å². The molecule has 2 aromatic carbocycles. The van der Waals surface area contributed by atoms with Crippen molar-refractivity contribution in [1.82, 2.24) is 0 Å². The molecule has 1 atom stereocenters. The van der Waals surface area contributed by atoms with E-state index in [9.17, 15) is 14.7 Å². The van der Waals surface area contributed by atoms with Gasteiger partial charge in [0.1, 0.15) is 6.61 Å². The lowest BCUT2D eigenvalue weighted by molar-refractivity contribution is -0.127. The van der Waals surface area contributed by atoms with Crippen LogP contribution in [0.3, 0.4) is 0 Å². The Hall–Kier alpha value is -3.02. The Morgan fingerprint density at radius 2 is 1.90 bits per heavy atom. The second-order valence-corrected chi connectivity index (χ2v) is 8.47. The minimum absolute atomic E-state index is 0.0657. The van der Waals surface area contributed by atoms with Gasteiger partial charge in [-0.1, -0.05) is 32.4 Å². The van der Waals surface area contributed by atoms with Crippen molar-refractivity contribution in [2.24, 2.45) is 5.92 Å². The van der Waals surface area contributed by atoms with Crippen molar-refractivity contribution in [3.63, 3.8) is 0 Å². The molecule has 2 aromatic rings. The standard InChI is InChI=1S/C25H28O6/c1-4-15(2)8-11-21(27)25(12-13-25)31-22-17(9-10-20(26)23(22)29-3)16-6-5-7-18-19(16)14-30-24(18)28/h5-7,9-10,15,26H,4,8,11-14H2,1-3H3. The zero-order chi connectivity index (χ0) is 22.2. The van der Waals surface area contributed by atoms with E-state index in [4.69, 9.17) is 14.2 Å². The highest BCUT2D eigenvalue weighted by molar-refractivity contribution is 5.97. The molecule has 1 fully saturated rings. The summed E-state index contributed by atoms with van der Waals surface area (Å²) in [6.45, 7) is 4.44. The van der Waals surface area contributed by atoms with Crippen LogP contribution in [0.1, 0.15) is 61.9 Å². The molecule has 0 spiro atoms. The number of Topliss-reactive ketones (excluding diaryl/α,β-unsaturated/α-hetero) is 1. The number of phenols is 1. The monoisotopic (exact) mass is 424 g/mol. The van der Waals surface area contributed by atoms with Crippen LogP contribution < -0.4 is 9.47 Å². The summed E-state index contributed by atoms with van der Waals surface area (Å²) in [6, 6.07) is 8.65. The first-order chi connectivity index (χ1) is 14.9. The molecule has 1 saturated carbocycles. The van der Waals surface area contributed by atoms with E-state index in [-0.39, 0.29) is 29.9 Å². The molecule has 31 heavy (non-hydrogen) atoms. The van der Waals surface area contributed by atoms with Crippen molar-refractivity contribution < 1.29 is 28.9 Å². The van der Waals surface area contributed by atoms with E-state index in [0.717, 1.165) is 24.0 Å². The Kier molecular flexibility index (Phi) is 5.65. The number of ketones is 1. The lowest BCUT2D eigenvalue weighted by Gasteiger charge is -2.23. The first kappa shape index (κ1) is 21.2. The predicted molar refractivity (Wildman–Crippen MR) is 116 cm³/mol. The molecule has 0 amide bonds. The number of methoxy groups -OCH3 is 1. The van der Waals surface area contributed by atoms with Gasteiger partial charge in [-0.3, -0.25) is 4.79 Å². The highest BCUT2D eigenvalue weighted by atomic mass is 16.5. The van der Waals surface area contributed by atoms with E-state index < -0.39 is 5.60 Å². The van der Waals surface area contributed by atoms with E-state index in [0.29, 0.717) is 42.1 Å². The molecule has 0 bridgehead atoms. The van der Waals surface area contributed by atoms with Crippen LogP contribution in [-0.2, 0) is 16.1 Å². The topological polar surface area (TPSA) is 82.1 Å². The summed E-state index contributed by atoms with van der Waals surface area (Å²) in [4.78, 5) is 25.0. The van der Waals surface area contributed by atoms with Crippen molar-refractivity contribution >= 4 is 11.8 Å². The van der Waals surface area contributed by atoms with E-state index in [1.165, 1.54) is 13.2 Å². The maximum Gasteiger partial charge on any atom is 0.338 e. The third kappa shape index (κ3) is 3.87. The number of hydrogen-bond acceptors (Lipinski definition) is 6. The molecule has 1 aliphatic heterocycles. The summed E-state index contributed by atoms with van der Waals surface area (Å²) in [5.74, 6) is 0.648. The van der Waals surface area contributed by atoms with Crippen LogP contribution in [0.25, 0.3) is 11.1 Å². The lowest BCUT2D eigenvalue weighted by Crippen LogP contribution is -2.30. The lowest BCUT2D eigenvalue weighted by atomic mass is 9.95. The molecule has 1 heterocycles. The number of carbonyl (C=O) groups excluding carboxylic acids is 2. The van der Waals surface area contributed by atoms with Gasteiger partial charge in [-0.2, -0.15) is 0 Å². The molecular weight excluding hydrogens is 396 g/mol.